The van der Waals surface area contributed by atoms with Gasteiger partial charge < -0.3 is 14.5 Å². The van der Waals surface area contributed by atoms with Gasteiger partial charge in [0, 0.05) is 39.1 Å². The van der Waals surface area contributed by atoms with Crippen LogP contribution in [0, 0.1) is 0 Å². The number of hydrogen-bond donors (Lipinski definition) is 0. The molecule has 1 aliphatic rings. The van der Waals surface area contributed by atoms with E-state index in [0.29, 0.717) is 31.1 Å². The molecule has 2 rings (SSSR count). The summed E-state index contributed by atoms with van der Waals surface area (Å²) in [6.07, 6.45) is 1.33. The molecule has 1 amide bonds. The maximum atomic E-state index is 12.5. The number of likely N-dealkylation sites (N-methyl/N-ethyl adjacent to an activating group) is 1. The van der Waals surface area contributed by atoms with Crippen molar-refractivity contribution in [2.75, 3.05) is 56.4 Å². The maximum absolute atomic E-state index is 12.5. The van der Waals surface area contributed by atoms with Gasteiger partial charge in [-0.15, -0.1) is 0 Å². The SMILES string of the molecule is CCOc1ccc(N(CCC(=O)N2CCN(CC)CC2)S(C)(=O)=O)cc1. The summed E-state index contributed by atoms with van der Waals surface area (Å²) in [6.45, 7) is 8.83. The number of carbonyl (C=O) groups is 1. The van der Waals surface area contributed by atoms with E-state index >= 15 is 0 Å². The number of sulfonamides is 1. The van der Waals surface area contributed by atoms with E-state index in [-0.39, 0.29) is 18.9 Å². The van der Waals surface area contributed by atoms with Crippen LogP contribution in [0.15, 0.2) is 24.3 Å². The van der Waals surface area contributed by atoms with Crippen molar-refractivity contribution in [3.05, 3.63) is 24.3 Å². The minimum atomic E-state index is -3.47. The minimum Gasteiger partial charge on any atom is -0.494 e. The second-order valence-corrected chi connectivity index (χ2v) is 8.23. The fourth-order valence-electron chi connectivity index (χ4n) is 3.03. The van der Waals surface area contributed by atoms with Crippen LogP contribution in [0.2, 0.25) is 0 Å². The first-order valence-corrected chi connectivity index (χ1v) is 10.9. The van der Waals surface area contributed by atoms with Gasteiger partial charge in [0.05, 0.1) is 18.6 Å². The number of ether oxygens (including phenoxy) is 1. The monoisotopic (exact) mass is 383 g/mol. The Balaban J connectivity index is 1.99. The van der Waals surface area contributed by atoms with Crippen molar-refractivity contribution >= 4 is 21.6 Å². The molecular weight excluding hydrogens is 354 g/mol. The number of rotatable bonds is 8. The predicted octanol–water partition coefficient (Wildman–Crippen LogP) is 1.41. The van der Waals surface area contributed by atoms with Gasteiger partial charge in [-0.1, -0.05) is 6.92 Å². The lowest BCUT2D eigenvalue weighted by Crippen LogP contribution is -2.49. The Morgan fingerprint density at radius 1 is 1.12 bits per heavy atom. The van der Waals surface area contributed by atoms with Crippen molar-refractivity contribution < 1.29 is 17.9 Å². The highest BCUT2D eigenvalue weighted by molar-refractivity contribution is 7.92. The minimum absolute atomic E-state index is 0.000314. The molecule has 0 N–H and O–H groups in total. The predicted molar refractivity (Wildman–Crippen MR) is 103 cm³/mol. The lowest BCUT2D eigenvalue weighted by molar-refractivity contribution is -0.132. The number of amides is 1. The molecule has 0 radical (unpaired) electrons. The van der Waals surface area contributed by atoms with Crippen molar-refractivity contribution in [3.63, 3.8) is 0 Å². The van der Waals surface area contributed by atoms with Crippen molar-refractivity contribution in [3.8, 4) is 5.75 Å². The van der Waals surface area contributed by atoms with Crippen LogP contribution < -0.4 is 9.04 Å². The normalized spacial score (nSPS) is 15.7. The summed E-state index contributed by atoms with van der Waals surface area (Å²) >= 11 is 0. The first-order chi connectivity index (χ1) is 12.3. The smallest absolute Gasteiger partial charge is 0.232 e. The molecule has 8 heteroatoms. The lowest BCUT2D eigenvalue weighted by Gasteiger charge is -2.34. The molecule has 0 bridgehead atoms. The van der Waals surface area contributed by atoms with Gasteiger partial charge in [0.2, 0.25) is 15.9 Å². The van der Waals surface area contributed by atoms with Gasteiger partial charge in [-0.2, -0.15) is 0 Å². The van der Waals surface area contributed by atoms with Crippen LogP contribution in [0.25, 0.3) is 0 Å². The number of hydrogen-bond acceptors (Lipinski definition) is 5. The molecule has 26 heavy (non-hydrogen) atoms. The maximum Gasteiger partial charge on any atom is 0.232 e. The quantitative estimate of drug-likeness (QED) is 0.679. The summed E-state index contributed by atoms with van der Waals surface area (Å²) in [5, 5.41) is 0. The number of carbonyl (C=O) groups excluding carboxylic acids is 1. The molecule has 0 atom stereocenters. The topological polar surface area (TPSA) is 70.2 Å². The molecule has 1 fully saturated rings. The van der Waals surface area contributed by atoms with Gasteiger partial charge in [0.25, 0.3) is 0 Å². The number of nitrogens with zero attached hydrogens (tertiary/aromatic N) is 3. The van der Waals surface area contributed by atoms with E-state index in [1.165, 1.54) is 4.31 Å². The van der Waals surface area contributed by atoms with Crippen LogP contribution in [0.4, 0.5) is 5.69 Å². The van der Waals surface area contributed by atoms with Gasteiger partial charge in [-0.3, -0.25) is 9.10 Å². The second kappa shape index (κ2) is 9.23. The molecule has 0 aromatic heterocycles. The average Bonchev–Trinajstić information content (AvgIpc) is 2.62. The Morgan fingerprint density at radius 2 is 1.73 bits per heavy atom. The third-order valence-corrected chi connectivity index (χ3v) is 5.73. The van der Waals surface area contributed by atoms with Crippen molar-refractivity contribution in [1.29, 1.82) is 0 Å². The molecule has 0 unspecified atom stereocenters. The van der Waals surface area contributed by atoms with Gasteiger partial charge >= 0.3 is 0 Å². The summed E-state index contributed by atoms with van der Waals surface area (Å²) in [5.74, 6) is 0.690. The molecule has 1 aliphatic heterocycles. The summed E-state index contributed by atoms with van der Waals surface area (Å²) in [7, 11) is -3.47. The largest absolute Gasteiger partial charge is 0.494 e. The number of piperazine rings is 1. The van der Waals surface area contributed by atoms with Gasteiger partial charge in [-0.25, -0.2) is 8.42 Å². The zero-order valence-electron chi connectivity index (χ0n) is 15.8. The molecule has 146 valence electrons. The van der Waals surface area contributed by atoms with Gasteiger partial charge in [0.15, 0.2) is 0 Å². The van der Waals surface area contributed by atoms with Gasteiger partial charge in [-0.05, 0) is 37.7 Å². The van der Waals surface area contributed by atoms with Crippen LogP contribution in [-0.2, 0) is 14.8 Å². The van der Waals surface area contributed by atoms with Crippen molar-refractivity contribution in [1.82, 2.24) is 9.80 Å². The zero-order chi connectivity index (χ0) is 19.2. The van der Waals surface area contributed by atoms with Crippen molar-refractivity contribution in [2.45, 2.75) is 20.3 Å². The molecule has 0 spiro atoms. The second-order valence-electron chi connectivity index (χ2n) is 6.33. The van der Waals surface area contributed by atoms with E-state index in [1.54, 1.807) is 24.3 Å². The van der Waals surface area contributed by atoms with Crippen LogP contribution >= 0.6 is 0 Å². The first kappa shape index (κ1) is 20.5. The van der Waals surface area contributed by atoms with E-state index in [2.05, 4.69) is 11.8 Å². The third kappa shape index (κ3) is 5.60. The van der Waals surface area contributed by atoms with E-state index in [9.17, 15) is 13.2 Å². The summed E-state index contributed by atoms with van der Waals surface area (Å²) < 4.78 is 31.0. The molecule has 0 saturated carbocycles. The molecule has 1 aromatic rings. The first-order valence-electron chi connectivity index (χ1n) is 9.05. The van der Waals surface area contributed by atoms with Crippen LogP contribution in [0.5, 0.6) is 5.75 Å². The van der Waals surface area contributed by atoms with Crippen molar-refractivity contribution in [2.24, 2.45) is 0 Å². The summed E-state index contributed by atoms with van der Waals surface area (Å²) in [6, 6.07) is 6.89. The third-order valence-electron chi connectivity index (χ3n) is 4.54. The average molecular weight is 384 g/mol. The van der Waals surface area contributed by atoms with Gasteiger partial charge in [0.1, 0.15) is 5.75 Å². The Kier molecular flexibility index (Phi) is 7.28. The zero-order valence-corrected chi connectivity index (χ0v) is 16.7. The molecule has 1 saturated heterocycles. The summed E-state index contributed by atoms with van der Waals surface area (Å²) in [5.41, 5.74) is 0.541. The highest BCUT2D eigenvalue weighted by Gasteiger charge is 2.23. The Hall–Kier alpha value is -1.80. The molecule has 7 nitrogen and oxygen atoms in total. The molecule has 1 aromatic carbocycles. The Labute approximate surface area is 156 Å². The highest BCUT2D eigenvalue weighted by Crippen LogP contribution is 2.22. The standard InChI is InChI=1S/C18H29N3O4S/c1-4-19-12-14-20(15-13-19)18(22)10-11-21(26(3,23)24)16-6-8-17(9-7-16)25-5-2/h6-9H,4-5,10-15H2,1-3H3. The van der Waals surface area contributed by atoms with E-state index in [0.717, 1.165) is 25.9 Å². The van der Waals surface area contributed by atoms with Crippen LogP contribution in [-0.4, -0.2) is 76.3 Å². The molecule has 1 heterocycles. The fraction of sp³-hybridized carbons (Fsp3) is 0.611. The van der Waals surface area contributed by atoms with Crippen LogP contribution in [0.1, 0.15) is 20.3 Å². The number of benzene rings is 1. The Bertz CT molecular complexity index is 683. The highest BCUT2D eigenvalue weighted by atomic mass is 32.2. The number of anilines is 1. The van der Waals surface area contributed by atoms with Crippen LogP contribution in [0.3, 0.4) is 0 Å². The molecular formula is C18H29N3O4S. The van der Waals surface area contributed by atoms with E-state index in [1.807, 2.05) is 11.8 Å². The summed E-state index contributed by atoms with van der Waals surface area (Å²) in [4.78, 5) is 16.6. The Morgan fingerprint density at radius 3 is 2.23 bits per heavy atom. The molecule has 0 aliphatic carbocycles. The van der Waals surface area contributed by atoms with E-state index < -0.39 is 10.0 Å². The lowest BCUT2D eigenvalue weighted by atomic mass is 10.2. The van der Waals surface area contributed by atoms with E-state index in [4.69, 9.17) is 4.74 Å². The fourth-order valence-corrected chi connectivity index (χ4v) is 3.96.